The highest BCUT2D eigenvalue weighted by Gasteiger charge is 2.04. The van der Waals surface area contributed by atoms with Crippen LogP contribution in [-0.2, 0) is 13.0 Å². The van der Waals surface area contributed by atoms with Crippen molar-refractivity contribution in [2.45, 2.75) is 19.9 Å². The Morgan fingerprint density at radius 1 is 1.24 bits per heavy atom. The first-order chi connectivity index (χ1) is 8.20. The third-order valence-corrected chi connectivity index (χ3v) is 3.20. The summed E-state index contributed by atoms with van der Waals surface area (Å²) < 4.78 is 1.90. The molecule has 4 heteroatoms. The van der Waals surface area contributed by atoms with Crippen LogP contribution >= 0.6 is 11.6 Å². The molecule has 0 aliphatic heterocycles. The van der Waals surface area contributed by atoms with Gasteiger partial charge in [-0.15, -0.1) is 0 Å². The number of hydrogen-bond acceptors (Lipinski definition) is 2. The molecule has 1 aromatic heterocycles. The van der Waals surface area contributed by atoms with Gasteiger partial charge in [-0.1, -0.05) is 35.9 Å². The molecule has 3 nitrogen and oxygen atoms in total. The number of hydrogen-bond donors (Lipinski definition) is 1. The van der Waals surface area contributed by atoms with Crippen LogP contribution in [0.25, 0.3) is 0 Å². The summed E-state index contributed by atoms with van der Waals surface area (Å²) in [7, 11) is 0. The predicted octanol–water partition coefficient (Wildman–Crippen LogP) is 2.39. The Balaban J connectivity index is 2.11. The van der Waals surface area contributed by atoms with E-state index in [9.17, 15) is 0 Å². The summed E-state index contributed by atoms with van der Waals surface area (Å²) in [4.78, 5) is 0. The Labute approximate surface area is 106 Å². The maximum absolute atomic E-state index is 5.96. The molecule has 2 aromatic rings. The molecule has 0 amide bonds. The molecule has 90 valence electrons. The molecule has 0 aliphatic rings. The Morgan fingerprint density at radius 2 is 1.88 bits per heavy atom. The normalized spacial score (nSPS) is 10.8. The van der Waals surface area contributed by atoms with E-state index >= 15 is 0 Å². The molecule has 2 N–H and O–H groups in total. The van der Waals surface area contributed by atoms with Gasteiger partial charge in [0, 0.05) is 0 Å². The summed E-state index contributed by atoms with van der Waals surface area (Å²) in [6, 6.07) is 8.45. The maximum atomic E-state index is 5.96. The fraction of sp³-hybridized carbons (Fsp3) is 0.308. The molecule has 1 aromatic carbocycles. The molecule has 0 aliphatic carbocycles. The molecule has 0 fully saturated rings. The Hall–Kier alpha value is -1.32. The topological polar surface area (TPSA) is 43.8 Å². The fourth-order valence-electron chi connectivity index (χ4n) is 1.73. The van der Waals surface area contributed by atoms with E-state index in [1.807, 2.05) is 11.6 Å². The van der Waals surface area contributed by atoms with Gasteiger partial charge in [0.25, 0.3) is 0 Å². The second-order valence-corrected chi connectivity index (χ2v) is 4.50. The third kappa shape index (κ3) is 2.87. The molecule has 0 spiro atoms. The summed E-state index contributed by atoms with van der Waals surface area (Å²) >= 11 is 5.96. The van der Waals surface area contributed by atoms with Gasteiger partial charge in [-0.25, -0.2) is 0 Å². The van der Waals surface area contributed by atoms with Crippen LogP contribution in [0.5, 0.6) is 0 Å². The van der Waals surface area contributed by atoms with Gasteiger partial charge < -0.3 is 5.73 Å². The lowest BCUT2D eigenvalue weighted by Crippen LogP contribution is -2.05. The Morgan fingerprint density at radius 3 is 2.41 bits per heavy atom. The zero-order valence-corrected chi connectivity index (χ0v) is 10.6. The first kappa shape index (κ1) is 12.1. The number of nitrogens with two attached hydrogens (primary N) is 1. The van der Waals surface area contributed by atoms with E-state index in [0.29, 0.717) is 11.6 Å². The highest BCUT2D eigenvalue weighted by molar-refractivity contribution is 6.31. The van der Waals surface area contributed by atoms with E-state index in [2.05, 4.69) is 29.4 Å². The van der Waals surface area contributed by atoms with Crippen molar-refractivity contribution >= 4 is 11.6 Å². The monoisotopic (exact) mass is 249 g/mol. The second kappa shape index (κ2) is 5.34. The highest BCUT2D eigenvalue weighted by atomic mass is 35.5. The van der Waals surface area contributed by atoms with E-state index in [-0.39, 0.29) is 0 Å². The van der Waals surface area contributed by atoms with Crippen LogP contribution in [-0.4, -0.2) is 16.3 Å². The molecule has 0 atom stereocenters. The van der Waals surface area contributed by atoms with Gasteiger partial charge in [0.1, 0.15) is 0 Å². The van der Waals surface area contributed by atoms with E-state index in [4.69, 9.17) is 17.3 Å². The quantitative estimate of drug-likeness (QED) is 0.904. The van der Waals surface area contributed by atoms with E-state index < -0.39 is 0 Å². The Kier molecular flexibility index (Phi) is 3.82. The van der Waals surface area contributed by atoms with Gasteiger partial charge in [-0.3, -0.25) is 4.68 Å². The van der Waals surface area contributed by atoms with Crippen molar-refractivity contribution in [3.63, 3.8) is 0 Å². The average Bonchev–Trinajstić information content (AvgIpc) is 2.64. The maximum Gasteiger partial charge on any atom is 0.0815 e. The van der Waals surface area contributed by atoms with Crippen LogP contribution in [0.1, 0.15) is 16.8 Å². The van der Waals surface area contributed by atoms with Gasteiger partial charge in [0.15, 0.2) is 0 Å². The highest BCUT2D eigenvalue weighted by Crippen LogP contribution is 2.15. The molecule has 0 unspecified atom stereocenters. The minimum Gasteiger partial charge on any atom is -0.330 e. The second-order valence-electron chi connectivity index (χ2n) is 4.09. The standard InChI is InChI=1S/C13H16ClN3/c1-10-13(14)8-16-17(10)9-12-4-2-11(3-5-12)6-7-15/h2-5,8H,6-7,9,15H2,1H3. The van der Waals surface area contributed by atoms with Crippen molar-refractivity contribution < 1.29 is 0 Å². The molecule has 17 heavy (non-hydrogen) atoms. The minimum absolute atomic E-state index is 0.688. The number of nitrogens with zero attached hydrogens (tertiary/aromatic N) is 2. The zero-order chi connectivity index (χ0) is 12.3. The Bertz CT molecular complexity index is 488. The minimum atomic E-state index is 0.688. The van der Waals surface area contributed by atoms with Crippen molar-refractivity contribution in [2.24, 2.45) is 5.73 Å². The van der Waals surface area contributed by atoms with Crippen molar-refractivity contribution in [3.05, 3.63) is 52.3 Å². The van der Waals surface area contributed by atoms with Crippen LogP contribution < -0.4 is 5.73 Å². The van der Waals surface area contributed by atoms with Crippen molar-refractivity contribution in [2.75, 3.05) is 6.54 Å². The summed E-state index contributed by atoms with van der Waals surface area (Å²) in [5.74, 6) is 0. The predicted molar refractivity (Wildman–Crippen MR) is 70.3 cm³/mol. The molecular weight excluding hydrogens is 234 g/mol. The average molecular weight is 250 g/mol. The molecule has 1 heterocycles. The largest absolute Gasteiger partial charge is 0.330 e. The van der Waals surface area contributed by atoms with Crippen LogP contribution in [0.15, 0.2) is 30.5 Å². The van der Waals surface area contributed by atoms with Gasteiger partial charge in [0.05, 0.1) is 23.5 Å². The van der Waals surface area contributed by atoms with E-state index in [1.165, 1.54) is 11.1 Å². The SMILES string of the molecule is Cc1c(Cl)cnn1Cc1ccc(CCN)cc1. The molecule has 0 saturated heterocycles. The number of rotatable bonds is 4. The van der Waals surface area contributed by atoms with Crippen molar-refractivity contribution in [1.29, 1.82) is 0 Å². The van der Waals surface area contributed by atoms with Crippen LogP contribution in [0.4, 0.5) is 0 Å². The van der Waals surface area contributed by atoms with Crippen molar-refractivity contribution in [3.8, 4) is 0 Å². The summed E-state index contributed by atoms with van der Waals surface area (Å²) in [6.45, 7) is 3.41. The van der Waals surface area contributed by atoms with E-state index in [0.717, 1.165) is 18.7 Å². The number of benzene rings is 1. The third-order valence-electron chi connectivity index (χ3n) is 2.83. The van der Waals surface area contributed by atoms with Crippen molar-refractivity contribution in [1.82, 2.24) is 9.78 Å². The summed E-state index contributed by atoms with van der Waals surface area (Å²) in [5, 5.41) is 4.95. The first-order valence-electron chi connectivity index (χ1n) is 5.66. The number of aromatic nitrogens is 2. The molecule has 0 bridgehead atoms. The first-order valence-corrected chi connectivity index (χ1v) is 6.04. The van der Waals surface area contributed by atoms with Crippen LogP contribution in [0.3, 0.4) is 0 Å². The molecule has 0 saturated carbocycles. The molecular formula is C13H16ClN3. The van der Waals surface area contributed by atoms with Gasteiger partial charge >= 0.3 is 0 Å². The molecule has 2 rings (SSSR count). The molecule has 0 radical (unpaired) electrons. The lowest BCUT2D eigenvalue weighted by Gasteiger charge is -2.06. The smallest absolute Gasteiger partial charge is 0.0815 e. The van der Waals surface area contributed by atoms with Crippen LogP contribution in [0, 0.1) is 6.92 Å². The van der Waals surface area contributed by atoms with Gasteiger partial charge in [-0.05, 0) is 31.0 Å². The van der Waals surface area contributed by atoms with Gasteiger partial charge in [-0.2, -0.15) is 5.10 Å². The lowest BCUT2D eigenvalue weighted by molar-refractivity contribution is 0.665. The summed E-state index contributed by atoms with van der Waals surface area (Å²) in [6.07, 6.45) is 2.60. The zero-order valence-electron chi connectivity index (χ0n) is 9.86. The fourth-order valence-corrected chi connectivity index (χ4v) is 1.88. The van der Waals surface area contributed by atoms with Gasteiger partial charge in [0.2, 0.25) is 0 Å². The number of halogens is 1. The lowest BCUT2D eigenvalue weighted by atomic mass is 10.1. The van der Waals surface area contributed by atoms with E-state index in [1.54, 1.807) is 6.20 Å². The summed E-state index contributed by atoms with van der Waals surface area (Å²) in [5.41, 5.74) is 9.00. The van der Waals surface area contributed by atoms with Crippen LogP contribution in [0.2, 0.25) is 5.02 Å².